The van der Waals surface area contributed by atoms with Crippen LogP contribution in [0.2, 0.25) is 0 Å². The van der Waals surface area contributed by atoms with E-state index in [4.69, 9.17) is 10.8 Å². The first-order chi connectivity index (χ1) is 8.63. The second-order valence-corrected chi connectivity index (χ2v) is 3.99. The van der Waals surface area contributed by atoms with Crippen LogP contribution >= 0.6 is 0 Å². The van der Waals surface area contributed by atoms with Crippen molar-refractivity contribution in [2.24, 2.45) is 5.73 Å². The maximum absolute atomic E-state index is 11.6. The van der Waals surface area contributed by atoms with Gasteiger partial charge >= 0.3 is 5.97 Å². The molecule has 0 bridgehead atoms. The molecule has 0 atom stereocenters. The molecule has 0 radical (unpaired) electrons. The summed E-state index contributed by atoms with van der Waals surface area (Å²) in [6.07, 6.45) is 1.48. The molecule has 1 rings (SSSR count). The Morgan fingerprint density at radius 2 is 1.94 bits per heavy atom. The van der Waals surface area contributed by atoms with E-state index in [1.54, 1.807) is 6.07 Å². The third-order valence-electron chi connectivity index (χ3n) is 2.51. The lowest BCUT2D eigenvalue weighted by molar-refractivity contribution is -0.136. The molecule has 0 saturated heterocycles. The van der Waals surface area contributed by atoms with E-state index < -0.39 is 5.97 Å². The largest absolute Gasteiger partial charge is 0.481 e. The number of carbonyl (C=O) groups excluding carboxylic acids is 1. The zero-order valence-corrected chi connectivity index (χ0v) is 10.2. The van der Waals surface area contributed by atoms with E-state index in [-0.39, 0.29) is 12.3 Å². The first kappa shape index (κ1) is 14.2. The van der Waals surface area contributed by atoms with Crippen LogP contribution in [0.15, 0.2) is 24.3 Å². The van der Waals surface area contributed by atoms with Gasteiger partial charge in [0.15, 0.2) is 0 Å². The van der Waals surface area contributed by atoms with Crippen molar-refractivity contribution < 1.29 is 14.7 Å². The summed E-state index contributed by atoms with van der Waals surface area (Å²) in [5.41, 5.74) is 6.85. The van der Waals surface area contributed by atoms with Gasteiger partial charge in [0.25, 0.3) is 0 Å². The van der Waals surface area contributed by atoms with E-state index in [2.05, 4.69) is 5.32 Å². The Hall–Kier alpha value is -1.88. The highest BCUT2D eigenvalue weighted by molar-refractivity contribution is 5.91. The predicted molar refractivity (Wildman–Crippen MR) is 69.3 cm³/mol. The fourth-order valence-electron chi connectivity index (χ4n) is 1.58. The van der Waals surface area contributed by atoms with Gasteiger partial charge in [0.1, 0.15) is 0 Å². The molecule has 0 spiro atoms. The number of carboxylic acid groups (broad SMARTS) is 1. The zero-order chi connectivity index (χ0) is 13.4. The number of aryl methyl sites for hydroxylation is 1. The van der Waals surface area contributed by atoms with Crippen molar-refractivity contribution in [3.8, 4) is 0 Å². The summed E-state index contributed by atoms with van der Waals surface area (Å²) in [6.45, 7) is 0.480. The number of carbonyl (C=O) groups is 2. The van der Waals surface area contributed by atoms with Crippen LogP contribution in [-0.2, 0) is 16.0 Å². The number of anilines is 1. The van der Waals surface area contributed by atoms with Crippen molar-refractivity contribution in [1.82, 2.24) is 0 Å². The number of hydrogen-bond acceptors (Lipinski definition) is 3. The van der Waals surface area contributed by atoms with E-state index in [1.807, 2.05) is 18.2 Å². The number of hydrogen-bond donors (Lipinski definition) is 3. The first-order valence-electron chi connectivity index (χ1n) is 5.93. The van der Waals surface area contributed by atoms with Crippen LogP contribution in [0, 0.1) is 0 Å². The van der Waals surface area contributed by atoms with Gasteiger partial charge in [-0.15, -0.1) is 0 Å². The molecule has 0 heterocycles. The SMILES string of the molecule is NCCCC(=O)Nc1ccccc1CCC(=O)O. The van der Waals surface area contributed by atoms with E-state index in [1.165, 1.54) is 0 Å². The summed E-state index contributed by atoms with van der Waals surface area (Å²) in [5, 5.41) is 11.4. The number of rotatable bonds is 7. The van der Waals surface area contributed by atoms with Gasteiger partial charge in [-0.25, -0.2) is 0 Å². The van der Waals surface area contributed by atoms with Crippen molar-refractivity contribution in [3.63, 3.8) is 0 Å². The maximum atomic E-state index is 11.6. The van der Waals surface area contributed by atoms with Gasteiger partial charge in [-0.3, -0.25) is 9.59 Å². The molecule has 0 saturated carbocycles. The summed E-state index contributed by atoms with van der Waals surface area (Å²) in [4.78, 5) is 22.1. The molecule has 4 N–H and O–H groups in total. The van der Waals surface area contributed by atoms with Gasteiger partial charge < -0.3 is 16.2 Å². The quantitative estimate of drug-likeness (QED) is 0.681. The lowest BCUT2D eigenvalue weighted by Gasteiger charge is -2.10. The Kier molecular flexibility index (Phi) is 5.87. The number of para-hydroxylation sites is 1. The van der Waals surface area contributed by atoms with Gasteiger partial charge in [-0.05, 0) is 31.0 Å². The Labute approximate surface area is 106 Å². The minimum absolute atomic E-state index is 0.0513. The second kappa shape index (κ2) is 7.45. The summed E-state index contributed by atoms with van der Waals surface area (Å²) in [7, 11) is 0. The molecule has 0 aliphatic heterocycles. The minimum atomic E-state index is -0.848. The Balaban J connectivity index is 2.63. The molecule has 1 amide bonds. The molecular formula is C13H18N2O3. The maximum Gasteiger partial charge on any atom is 0.303 e. The molecule has 5 heteroatoms. The number of nitrogens with two attached hydrogens (primary N) is 1. The average Bonchev–Trinajstić information content (AvgIpc) is 2.35. The summed E-state index contributed by atoms with van der Waals surface area (Å²) >= 11 is 0. The Morgan fingerprint density at radius 3 is 2.61 bits per heavy atom. The molecule has 5 nitrogen and oxygen atoms in total. The molecular weight excluding hydrogens is 232 g/mol. The fourth-order valence-corrected chi connectivity index (χ4v) is 1.58. The summed E-state index contributed by atoms with van der Waals surface area (Å²) in [6, 6.07) is 7.23. The molecule has 0 fully saturated rings. The third-order valence-corrected chi connectivity index (χ3v) is 2.51. The standard InChI is InChI=1S/C13H18N2O3/c14-9-3-6-12(16)15-11-5-2-1-4-10(11)7-8-13(17)18/h1-2,4-5H,3,6-9,14H2,(H,15,16)(H,17,18). The Bertz CT molecular complexity index is 418. The highest BCUT2D eigenvalue weighted by atomic mass is 16.4. The van der Waals surface area contributed by atoms with Crippen molar-refractivity contribution in [2.45, 2.75) is 25.7 Å². The second-order valence-electron chi connectivity index (χ2n) is 3.99. The van der Waals surface area contributed by atoms with E-state index in [0.717, 1.165) is 5.56 Å². The average molecular weight is 250 g/mol. The van der Waals surface area contributed by atoms with Crippen LogP contribution in [-0.4, -0.2) is 23.5 Å². The number of aliphatic carboxylic acids is 1. The van der Waals surface area contributed by atoms with Gasteiger partial charge in [0.2, 0.25) is 5.91 Å². The molecule has 98 valence electrons. The van der Waals surface area contributed by atoms with Crippen molar-refractivity contribution in [1.29, 1.82) is 0 Å². The third kappa shape index (κ3) is 4.97. The lowest BCUT2D eigenvalue weighted by atomic mass is 10.1. The zero-order valence-electron chi connectivity index (χ0n) is 10.2. The molecule has 1 aromatic rings. The van der Waals surface area contributed by atoms with Crippen LogP contribution in [0.25, 0.3) is 0 Å². The monoisotopic (exact) mass is 250 g/mol. The fraction of sp³-hybridized carbons (Fsp3) is 0.385. The number of nitrogens with one attached hydrogen (secondary N) is 1. The van der Waals surface area contributed by atoms with Crippen molar-refractivity contribution in [3.05, 3.63) is 29.8 Å². The normalized spacial score (nSPS) is 10.1. The number of carboxylic acids is 1. The minimum Gasteiger partial charge on any atom is -0.481 e. The van der Waals surface area contributed by atoms with Gasteiger partial charge in [-0.2, -0.15) is 0 Å². The molecule has 0 unspecified atom stereocenters. The van der Waals surface area contributed by atoms with Gasteiger partial charge in [-0.1, -0.05) is 18.2 Å². The highest BCUT2D eigenvalue weighted by Crippen LogP contribution is 2.17. The van der Waals surface area contributed by atoms with Crippen molar-refractivity contribution >= 4 is 17.6 Å². The number of amides is 1. The van der Waals surface area contributed by atoms with Crippen LogP contribution in [0.3, 0.4) is 0 Å². The smallest absolute Gasteiger partial charge is 0.303 e. The summed E-state index contributed by atoms with van der Waals surface area (Å²) in [5.74, 6) is -0.942. The van der Waals surface area contributed by atoms with Crippen molar-refractivity contribution in [2.75, 3.05) is 11.9 Å². The van der Waals surface area contributed by atoms with Gasteiger partial charge in [0, 0.05) is 18.5 Å². The van der Waals surface area contributed by atoms with E-state index in [9.17, 15) is 9.59 Å². The molecule has 1 aromatic carbocycles. The van der Waals surface area contributed by atoms with Gasteiger partial charge in [0.05, 0.1) is 0 Å². The predicted octanol–water partition coefficient (Wildman–Crippen LogP) is 1.38. The van der Waals surface area contributed by atoms with E-state index >= 15 is 0 Å². The van der Waals surface area contributed by atoms with Crippen LogP contribution in [0.5, 0.6) is 0 Å². The molecule has 0 aromatic heterocycles. The topological polar surface area (TPSA) is 92.4 Å². The van der Waals surface area contributed by atoms with Crippen LogP contribution in [0.1, 0.15) is 24.8 Å². The molecule has 18 heavy (non-hydrogen) atoms. The first-order valence-corrected chi connectivity index (χ1v) is 5.93. The number of benzene rings is 1. The molecule has 0 aliphatic carbocycles. The molecule has 0 aliphatic rings. The van der Waals surface area contributed by atoms with E-state index in [0.29, 0.717) is 31.5 Å². The Morgan fingerprint density at radius 1 is 1.22 bits per heavy atom. The van der Waals surface area contributed by atoms with Crippen LogP contribution in [0.4, 0.5) is 5.69 Å². The van der Waals surface area contributed by atoms with Crippen LogP contribution < -0.4 is 11.1 Å². The summed E-state index contributed by atoms with van der Waals surface area (Å²) < 4.78 is 0. The lowest BCUT2D eigenvalue weighted by Crippen LogP contribution is -2.14. The highest BCUT2D eigenvalue weighted by Gasteiger charge is 2.07.